The summed E-state index contributed by atoms with van der Waals surface area (Å²) >= 11 is 0. The summed E-state index contributed by atoms with van der Waals surface area (Å²) in [6, 6.07) is 3.65. The van der Waals surface area contributed by atoms with Gasteiger partial charge in [0, 0.05) is 5.56 Å². The van der Waals surface area contributed by atoms with Crippen LogP contribution in [0, 0.1) is 11.6 Å². The van der Waals surface area contributed by atoms with Crippen LogP contribution in [0.5, 0.6) is 0 Å². The molecule has 1 fully saturated rings. The average molecular weight is 199 g/mol. The Morgan fingerprint density at radius 3 is 2.21 bits per heavy atom. The maximum Gasteiger partial charge on any atom is 0.131 e. The van der Waals surface area contributed by atoms with Gasteiger partial charge in [0.05, 0.1) is 11.6 Å². The molecule has 2 rings (SSSR count). The predicted molar refractivity (Wildman–Crippen MR) is 47.5 cm³/mol. The van der Waals surface area contributed by atoms with Crippen LogP contribution in [0.1, 0.15) is 18.4 Å². The molecule has 76 valence electrons. The zero-order chi connectivity index (χ0) is 10.3. The van der Waals surface area contributed by atoms with Gasteiger partial charge >= 0.3 is 0 Å². The molecule has 0 amide bonds. The fourth-order valence-electron chi connectivity index (χ4n) is 1.96. The van der Waals surface area contributed by atoms with Gasteiger partial charge in [-0.15, -0.1) is 0 Å². The molecule has 1 aliphatic rings. The van der Waals surface area contributed by atoms with Crippen molar-refractivity contribution < 1.29 is 13.9 Å². The first-order chi connectivity index (χ1) is 6.53. The van der Waals surface area contributed by atoms with Gasteiger partial charge in [-0.3, -0.25) is 0 Å². The number of benzene rings is 1. The summed E-state index contributed by atoms with van der Waals surface area (Å²) in [5, 5.41) is 9.10. The van der Waals surface area contributed by atoms with E-state index >= 15 is 0 Å². The van der Waals surface area contributed by atoms with Crippen LogP contribution in [0.3, 0.4) is 0 Å². The van der Waals surface area contributed by atoms with Crippen molar-refractivity contribution in [2.45, 2.75) is 24.5 Å². The van der Waals surface area contributed by atoms with Gasteiger partial charge < -0.3 is 10.8 Å². The van der Waals surface area contributed by atoms with Gasteiger partial charge in [0.15, 0.2) is 0 Å². The van der Waals surface area contributed by atoms with E-state index in [0.29, 0.717) is 0 Å². The lowest BCUT2D eigenvalue weighted by atomic mass is 9.70. The Morgan fingerprint density at radius 1 is 1.29 bits per heavy atom. The van der Waals surface area contributed by atoms with E-state index in [-0.39, 0.29) is 18.4 Å². The number of hydrogen-bond acceptors (Lipinski definition) is 2. The molecule has 1 aromatic rings. The molecule has 0 heterocycles. The highest BCUT2D eigenvalue weighted by atomic mass is 19.1. The summed E-state index contributed by atoms with van der Waals surface area (Å²) in [4.78, 5) is 0. The Bertz CT molecular complexity index is 341. The first-order valence-corrected chi connectivity index (χ1v) is 4.44. The Kier molecular flexibility index (Phi) is 2.05. The summed E-state index contributed by atoms with van der Waals surface area (Å²) in [6.45, 7) is 0. The Hall–Kier alpha value is -1.00. The van der Waals surface area contributed by atoms with Crippen molar-refractivity contribution in [1.29, 1.82) is 0 Å². The molecule has 3 N–H and O–H groups in total. The standard InChI is InChI=1S/C10H11F2NO/c11-7-2-1-3-8(12)9(7)10(13)4-6(14)5-10/h1-3,6,14H,4-5,13H2. The normalized spacial score (nSPS) is 31.3. The van der Waals surface area contributed by atoms with Crippen molar-refractivity contribution in [1.82, 2.24) is 0 Å². The molecule has 0 atom stereocenters. The fraction of sp³-hybridized carbons (Fsp3) is 0.400. The maximum atomic E-state index is 13.3. The summed E-state index contributed by atoms with van der Waals surface area (Å²) in [7, 11) is 0. The molecule has 0 saturated heterocycles. The molecule has 1 aromatic carbocycles. The van der Waals surface area contributed by atoms with Crippen LogP contribution >= 0.6 is 0 Å². The number of hydrogen-bond donors (Lipinski definition) is 2. The average Bonchev–Trinajstić information content (AvgIpc) is 2.00. The van der Waals surface area contributed by atoms with Crippen molar-refractivity contribution >= 4 is 0 Å². The van der Waals surface area contributed by atoms with Crippen molar-refractivity contribution in [3.05, 3.63) is 35.4 Å². The minimum absolute atomic E-state index is 0.106. The number of rotatable bonds is 1. The summed E-state index contributed by atoms with van der Waals surface area (Å²) in [5.74, 6) is -1.28. The molecular formula is C10H11F2NO. The molecule has 1 aliphatic carbocycles. The number of aliphatic hydroxyl groups is 1. The zero-order valence-corrected chi connectivity index (χ0v) is 7.50. The van der Waals surface area contributed by atoms with Gasteiger partial charge in [0.2, 0.25) is 0 Å². The van der Waals surface area contributed by atoms with E-state index in [0.717, 1.165) is 0 Å². The van der Waals surface area contributed by atoms with E-state index in [9.17, 15) is 8.78 Å². The lowest BCUT2D eigenvalue weighted by Gasteiger charge is -2.42. The maximum absolute atomic E-state index is 13.3. The van der Waals surface area contributed by atoms with Gasteiger partial charge in [-0.25, -0.2) is 8.78 Å². The second-order valence-electron chi connectivity index (χ2n) is 3.81. The molecular weight excluding hydrogens is 188 g/mol. The third-order valence-corrected chi connectivity index (χ3v) is 2.66. The van der Waals surface area contributed by atoms with Gasteiger partial charge in [0.1, 0.15) is 11.6 Å². The summed E-state index contributed by atoms with van der Waals surface area (Å²) < 4.78 is 26.6. The summed E-state index contributed by atoms with van der Waals surface area (Å²) in [6.07, 6.45) is -0.116. The second-order valence-corrected chi connectivity index (χ2v) is 3.81. The highest BCUT2D eigenvalue weighted by Crippen LogP contribution is 2.41. The van der Waals surface area contributed by atoms with Gasteiger partial charge in [-0.2, -0.15) is 0 Å². The topological polar surface area (TPSA) is 46.2 Å². The van der Waals surface area contributed by atoms with Crippen LogP contribution < -0.4 is 5.73 Å². The monoisotopic (exact) mass is 199 g/mol. The first kappa shape index (κ1) is 9.55. The highest BCUT2D eigenvalue weighted by molar-refractivity contribution is 5.30. The van der Waals surface area contributed by atoms with Gasteiger partial charge in [0.25, 0.3) is 0 Å². The molecule has 0 unspecified atom stereocenters. The zero-order valence-electron chi connectivity index (χ0n) is 7.50. The van der Waals surface area contributed by atoms with Crippen molar-refractivity contribution in [2.24, 2.45) is 5.73 Å². The van der Waals surface area contributed by atoms with E-state index in [1.165, 1.54) is 18.2 Å². The van der Waals surface area contributed by atoms with Crippen LogP contribution in [0.4, 0.5) is 8.78 Å². The highest BCUT2D eigenvalue weighted by Gasteiger charge is 2.44. The van der Waals surface area contributed by atoms with Crippen molar-refractivity contribution in [3.63, 3.8) is 0 Å². The van der Waals surface area contributed by atoms with Crippen LogP contribution in [-0.2, 0) is 5.54 Å². The van der Waals surface area contributed by atoms with Crippen LogP contribution in [0.25, 0.3) is 0 Å². The number of halogens is 2. The molecule has 1 saturated carbocycles. The van der Waals surface area contributed by atoms with Gasteiger partial charge in [-0.05, 0) is 25.0 Å². The number of aliphatic hydroxyl groups excluding tert-OH is 1. The largest absolute Gasteiger partial charge is 0.393 e. The Balaban J connectivity index is 2.41. The smallest absolute Gasteiger partial charge is 0.131 e. The SMILES string of the molecule is NC1(c2c(F)cccc2F)CC(O)C1. The molecule has 0 aromatic heterocycles. The van der Waals surface area contributed by atoms with Crippen molar-refractivity contribution in [2.75, 3.05) is 0 Å². The summed E-state index contributed by atoms with van der Waals surface area (Å²) in [5.41, 5.74) is 4.64. The minimum atomic E-state index is -1.03. The van der Waals surface area contributed by atoms with E-state index in [4.69, 9.17) is 10.8 Å². The van der Waals surface area contributed by atoms with E-state index < -0.39 is 23.3 Å². The Labute approximate surface area is 80.4 Å². The molecule has 0 radical (unpaired) electrons. The molecule has 14 heavy (non-hydrogen) atoms. The van der Waals surface area contributed by atoms with E-state index in [1.807, 2.05) is 0 Å². The van der Waals surface area contributed by atoms with Crippen molar-refractivity contribution in [3.8, 4) is 0 Å². The predicted octanol–water partition coefficient (Wildman–Crippen LogP) is 1.27. The van der Waals surface area contributed by atoms with Crippen LogP contribution in [-0.4, -0.2) is 11.2 Å². The molecule has 0 aliphatic heterocycles. The van der Waals surface area contributed by atoms with Gasteiger partial charge in [-0.1, -0.05) is 6.07 Å². The third-order valence-electron chi connectivity index (χ3n) is 2.66. The molecule has 4 heteroatoms. The first-order valence-electron chi connectivity index (χ1n) is 4.44. The van der Waals surface area contributed by atoms with Crippen LogP contribution in [0.2, 0.25) is 0 Å². The Morgan fingerprint density at radius 2 is 1.79 bits per heavy atom. The van der Waals surface area contributed by atoms with E-state index in [1.54, 1.807) is 0 Å². The van der Waals surface area contributed by atoms with Crippen LogP contribution in [0.15, 0.2) is 18.2 Å². The molecule has 0 bridgehead atoms. The molecule has 2 nitrogen and oxygen atoms in total. The third kappa shape index (κ3) is 1.31. The number of nitrogens with two attached hydrogens (primary N) is 1. The quantitative estimate of drug-likeness (QED) is 0.715. The van der Waals surface area contributed by atoms with E-state index in [2.05, 4.69) is 0 Å². The minimum Gasteiger partial charge on any atom is -0.393 e. The fourth-order valence-corrected chi connectivity index (χ4v) is 1.96. The second kappa shape index (κ2) is 3.00. The molecule has 0 spiro atoms. The lowest BCUT2D eigenvalue weighted by Crippen LogP contribution is -2.52. The lowest BCUT2D eigenvalue weighted by molar-refractivity contribution is 0.0175.